The first-order valence-electron chi connectivity index (χ1n) is 13.8. The van der Waals surface area contributed by atoms with Crippen molar-refractivity contribution in [1.29, 1.82) is 0 Å². The molecule has 2 aromatic heterocycles. The van der Waals surface area contributed by atoms with Crippen molar-refractivity contribution in [3.63, 3.8) is 0 Å². The van der Waals surface area contributed by atoms with Crippen molar-refractivity contribution in [2.75, 3.05) is 0 Å². The highest BCUT2D eigenvalue weighted by Crippen LogP contribution is 2.38. The van der Waals surface area contributed by atoms with Crippen LogP contribution in [0.4, 0.5) is 11.4 Å². The summed E-state index contributed by atoms with van der Waals surface area (Å²) >= 11 is 0. The van der Waals surface area contributed by atoms with E-state index >= 15 is 0 Å². The maximum Gasteiger partial charge on any atom is 0.189 e. The van der Waals surface area contributed by atoms with Gasteiger partial charge in [-0.1, -0.05) is 78.9 Å². The molecule has 0 spiro atoms. The minimum Gasteiger partial charge on any atom is -0.311 e. The Kier molecular flexibility index (Phi) is 5.22. The van der Waals surface area contributed by atoms with Crippen molar-refractivity contribution >= 4 is 55.0 Å². The van der Waals surface area contributed by atoms with Crippen LogP contribution in [0.5, 0.6) is 0 Å². The topological polar surface area (TPSA) is 18.6 Å². The summed E-state index contributed by atoms with van der Waals surface area (Å²) in [5.74, 6) is 0. The van der Waals surface area contributed by atoms with E-state index in [0.29, 0.717) is 11.4 Å². The van der Waals surface area contributed by atoms with Crippen LogP contribution in [0, 0.1) is 13.1 Å². The van der Waals surface area contributed by atoms with Crippen LogP contribution in [0.1, 0.15) is 0 Å². The highest BCUT2D eigenvalue weighted by molar-refractivity contribution is 6.12. The number of benzene rings is 6. The molecule has 8 rings (SSSR count). The number of hydrogen-bond donors (Lipinski definition) is 0. The number of para-hydroxylation sites is 2. The van der Waals surface area contributed by atoms with Crippen molar-refractivity contribution < 1.29 is 0 Å². The minimum atomic E-state index is 0.593. The first kappa shape index (κ1) is 23.8. The summed E-state index contributed by atoms with van der Waals surface area (Å²) in [4.78, 5) is 7.34. The molecule has 0 amide bonds. The van der Waals surface area contributed by atoms with Crippen LogP contribution in [0.25, 0.3) is 75.8 Å². The van der Waals surface area contributed by atoms with Crippen molar-refractivity contribution in [3.8, 4) is 22.5 Å². The van der Waals surface area contributed by atoms with Crippen LogP contribution in [0.3, 0.4) is 0 Å². The van der Waals surface area contributed by atoms with Gasteiger partial charge in [-0.05, 0) is 71.1 Å². The van der Waals surface area contributed by atoms with Gasteiger partial charge in [-0.2, -0.15) is 0 Å². The molecule has 8 aromatic rings. The van der Waals surface area contributed by atoms with Gasteiger partial charge < -0.3 is 9.13 Å². The molecule has 0 aliphatic rings. The predicted octanol–water partition coefficient (Wildman–Crippen LogP) is 10.6. The maximum absolute atomic E-state index is 7.56. The van der Waals surface area contributed by atoms with Gasteiger partial charge in [-0.25, -0.2) is 9.69 Å². The molecule has 0 fully saturated rings. The van der Waals surface area contributed by atoms with E-state index in [9.17, 15) is 0 Å². The molecular weight excluding hydrogens is 512 g/mol. The molecule has 194 valence electrons. The first-order chi connectivity index (χ1) is 20.7. The lowest BCUT2D eigenvalue weighted by atomic mass is 10.0. The Morgan fingerprint density at radius 3 is 1.69 bits per heavy atom. The molecule has 4 nitrogen and oxygen atoms in total. The summed E-state index contributed by atoms with van der Waals surface area (Å²) < 4.78 is 4.54. The van der Waals surface area contributed by atoms with Gasteiger partial charge in [-0.3, -0.25) is 0 Å². The predicted molar refractivity (Wildman–Crippen MR) is 173 cm³/mol. The summed E-state index contributed by atoms with van der Waals surface area (Å²) in [5, 5.41) is 4.58. The van der Waals surface area contributed by atoms with Crippen molar-refractivity contribution in [2.24, 2.45) is 0 Å². The Hall–Kier alpha value is -6.10. The van der Waals surface area contributed by atoms with Crippen molar-refractivity contribution in [1.82, 2.24) is 9.13 Å². The van der Waals surface area contributed by atoms with Crippen LogP contribution in [0.15, 0.2) is 133 Å². The van der Waals surface area contributed by atoms with Crippen molar-refractivity contribution in [3.05, 3.63) is 156 Å². The van der Waals surface area contributed by atoms with Crippen LogP contribution in [-0.4, -0.2) is 9.13 Å². The molecule has 0 radical (unpaired) electrons. The van der Waals surface area contributed by atoms with Crippen LogP contribution in [-0.2, 0) is 0 Å². The molecule has 0 saturated heterocycles. The molecule has 2 heterocycles. The fraction of sp³-hybridized carbons (Fsp3) is 0. The molecule has 0 aliphatic carbocycles. The van der Waals surface area contributed by atoms with E-state index in [-0.39, 0.29) is 0 Å². The summed E-state index contributed by atoms with van der Waals surface area (Å²) in [6, 6.07) is 45.9. The van der Waals surface area contributed by atoms with Gasteiger partial charge in [0.05, 0.1) is 35.2 Å². The van der Waals surface area contributed by atoms with E-state index < -0.39 is 0 Å². The standard InChI is InChI=1S/C38H22N4/c1-39-27-10-8-12-30(23-27)42-37-20-18-28(40-2)24-34(37)33-19-17-26(22-38(33)42)25-9-7-11-29(21-25)41-35-15-5-3-13-31(35)32-14-4-6-16-36(32)41/h3-24H. The van der Waals surface area contributed by atoms with Gasteiger partial charge >= 0.3 is 0 Å². The van der Waals surface area contributed by atoms with E-state index in [1.54, 1.807) is 0 Å². The fourth-order valence-electron chi connectivity index (χ4n) is 6.26. The molecule has 0 bridgehead atoms. The SMILES string of the molecule is [C-]#[N+]c1cccc(-n2c3ccc([N+]#[C-])cc3c3ccc(-c4cccc(-n5c6ccccc6c6ccccc65)c4)cc32)c1. The second-order valence-corrected chi connectivity index (χ2v) is 10.4. The highest BCUT2D eigenvalue weighted by atomic mass is 15.0. The molecule has 4 heteroatoms. The van der Waals surface area contributed by atoms with Crippen molar-refractivity contribution in [2.45, 2.75) is 0 Å². The van der Waals surface area contributed by atoms with E-state index in [2.05, 4.69) is 110 Å². The molecule has 6 aromatic carbocycles. The Labute approximate surface area is 242 Å². The molecule has 0 atom stereocenters. The molecule has 0 unspecified atom stereocenters. The smallest absolute Gasteiger partial charge is 0.189 e. The third kappa shape index (κ3) is 3.53. The van der Waals surface area contributed by atoms with Gasteiger partial charge in [0.25, 0.3) is 0 Å². The summed E-state index contributed by atoms with van der Waals surface area (Å²) in [7, 11) is 0. The Morgan fingerprint density at radius 2 is 0.952 bits per heavy atom. The van der Waals surface area contributed by atoms with Crippen LogP contribution in [0.2, 0.25) is 0 Å². The van der Waals surface area contributed by atoms with E-state index in [1.807, 2.05) is 42.5 Å². The van der Waals surface area contributed by atoms with Crippen LogP contribution >= 0.6 is 0 Å². The quantitative estimate of drug-likeness (QED) is 0.201. The maximum atomic E-state index is 7.56. The lowest BCUT2D eigenvalue weighted by Gasteiger charge is -2.12. The number of aromatic nitrogens is 2. The third-order valence-corrected chi connectivity index (χ3v) is 8.11. The van der Waals surface area contributed by atoms with Gasteiger partial charge in [0.15, 0.2) is 11.4 Å². The summed E-state index contributed by atoms with van der Waals surface area (Å²) in [6.07, 6.45) is 0. The minimum absolute atomic E-state index is 0.593. The zero-order valence-electron chi connectivity index (χ0n) is 22.5. The van der Waals surface area contributed by atoms with Gasteiger partial charge in [0.2, 0.25) is 0 Å². The average molecular weight is 535 g/mol. The molecule has 0 aliphatic heterocycles. The Bertz CT molecular complexity index is 2390. The van der Waals surface area contributed by atoms with Gasteiger partial charge in [0, 0.05) is 27.5 Å². The Morgan fingerprint density at radius 1 is 0.381 bits per heavy atom. The zero-order chi connectivity index (χ0) is 28.2. The normalized spacial score (nSPS) is 11.3. The lowest BCUT2D eigenvalue weighted by Crippen LogP contribution is -1.95. The molecule has 0 N–H and O–H groups in total. The van der Waals surface area contributed by atoms with Gasteiger partial charge in [0.1, 0.15) is 0 Å². The number of hydrogen-bond acceptors (Lipinski definition) is 0. The largest absolute Gasteiger partial charge is 0.311 e. The second-order valence-electron chi connectivity index (χ2n) is 10.4. The van der Waals surface area contributed by atoms with E-state index in [1.165, 1.54) is 21.8 Å². The molecule has 0 saturated carbocycles. The van der Waals surface area contributed by atoms with Crippen LogP contribution < -0.4 is 0 Å². The summed E-state index contributed by atoms with van der Waals surface area (Å²) in [5.41, 5.74) is 9.86. The average Bonchev–Trinajstić information content (AvgIpc) is 3.57. The van der Waals surface area contributed by atoms with E-state index in [4.69, 9.17) is 13.1 Å². The first-order valence-corrected chi connectivity index (χ1v) is 13.8. The van der Waals surface area contributed by atoms with Gasteiger partial charge in [-0.15, -0.1) is 0 Å². The second kappa shape index (κ2) is 9.24. The number of rotatable bonds is 3. The molecular formula is C38H22N4. The third-order valence-electron chi connectivity index (χ3n) is 8.11. The zero-order valence-corrected chi connectivity index (χ0v) is 22.5. The molecule has 42 heavy (non-hydrogen) atoms. The Balaban J connectivity index is 1.36. The lowest BCUT2D eigenvalue weighted by molar-refractivity contribution is 1.18. The monoisotopic (exact) mass is 534 g/mol. The number of fused-ring (bicyclic) bond motifs is 6. The summed E-state index contributed by atoms with van der Waals surface area (Å²) in [6.45, 7) is 15.1. The fourth-order valence-corrected chi connectivity index (χ4v) is 6.26. The number of nitrogens with zero attached hydrogens (tertiary/aromatic N) is 4. The highest BCUT2D eigenvalue weighted by Gasteiger charge is 2.16. The van der Waals surface area contributed by atoms with E-state index in [0.717, 1.165) is 44.3 Å².